The SMILES string of the molecule is CC#CCNC(CC)CCO. The molecule has 0 fully saturated rings. The van der Waals surface area contributed by atoms with Gasteiger partial charge in [-0.15, -0.1) is 5.92 Å². The fraction of sp³-hybridized carbons (Fsp3) is 0.778. The first-order valence-corrected chi connectivity index (χ1v) is 4.09. The summed E-state index contributed by atoms with van der Waals surface area (Å²) in [5, 5.41) is 11.9. The van der Waals surface area contributed by atoms with Crippen molar-refractivity contribution in [1.29, 1.82) is 0 Å². The first-order valence-electron chi connectivity index (χ1n) is 4.09. The molecule has 1 atom stereocenters. The highest BCUT2D eigenvalue weighted by Crippen LogP contribution is 1.94. The van der Waals surface area contributed by atoms with Crippen molar-refractivity contribution in [3.63, 3.8) is 0 Å². The Morgan fingerprint density at radius 1 is 1.55 bits per heavy atom. The molecule has 0 amide bonds. The van der Waals surface area contributed by atoms with Crippen LogP contribution in [-0.4, -0.2) is 24.3 Å². The third kappa shape index (κ3) is 5.90. The van der Waals surface area contributed by atoms with Gasteiger partial charge in [-0.05, 0) is 19.8 Å². The predicted octanol–water partition coefficient (Wildman–Crippen LogP) is 0.760. The fourth-order valence-electron chi connectivity index (χ4n) is 0.890. The minimum atomic E-state index is 0.255. The van der Waals surface area contributed by atoms with Crippen LogP contribution in [0.4, 0.5) is 0 Å². The lowest BCUT2D eigenvalue weighted by Crippen LogP contribution is -2.29. The molecule has 0 saturated carbocycles. The topological polar surface area (TPSA) is 32.3 Å². The molecule has 0 aromatic rings. The molecule has 0 rings (SSSR count). The Morgan fingerprint density at radius 2 is 2.27 bits per heavy atom. The number of hydrogen-bond acceptors (Lipinski definition) is 2. The Balaban J connectivity index is 3.40. The monoisotopic (exact) mass is 155 g/mol. The predicted molar refractivity (Wildman–Crippen MR) is 47.2 cm³/mol. The number of aliphatic hydroxyl groups is 1. The van der Waals surface area contributed by atoms with Crippen molar-refractivity contribution < 1.29 is 5.11 Å². The summed E-state index contributed by atoms with van der Waals surface area (Å²) in [6, 6.07) is 0.417. The minimum absolute atomic E-state index is 0.255. The Kier molecular flexibility index (Phi) is 7.23. The van der Waals surface area contributed by atoms with Gasteiger partial charge in [-0.3, -0.25) is 0 Å². The van der Waals surface area contributed by atoms with E-state index in [0.29, 0.717) is 6.04 Å². The van der Waals surface area contributed by atoms with Crippen molar-refractivity contribution in [2.75, 3.05) is 13.2 Å². The van der Waals surface area contributed by atoms with Gasteiger partial charge in [-0.25, -0.2) is 0 Å². The molecule has 0 aromatic carbocycles. The summed E-state index contributed by atoms with van der Waals surface area (Å²) < 4.78 is 0. The maximum atomic E-state index is 8.65. The molecule has 0 saturated heterocycles. The summed E-state index contributed by atoms with van der Waals surface area (Å²) in [6.45, 7) is 4.92. The van der Waals surface area contributed by atoms with Gasteiger partial charge < -0.3 is 10.4 Å². The Bertz CT molecular complexity index is 134. The molecule has 0 aromatic heterocycles. The maximum Gasteiger partial charge on any atom is 0.0578 e. The highest BCUT2D eigenvalue weighted by molar-refractivity contribution is 4.97. The van der Waals surface area contributed by atoms with Crippen LogP contribution in [0.5, 0.6) is 0 Å². The van der Waals surface area contributed by atoms with Crippen LogP contribution in [0.2, 0.25) is 0 Å². The lowest BCUT2D eigenvalue weighted by molar-refractivity contribution is 0.264. The van der Waals surface area contributed by atoms with Crippen molar-refractivity contribution in [3.05, 3.63) is 0 Å². The van der Waals surface area contributed by atoms with Gasteiger partial charge in [-0.2, -0.15) is 0 Å². The molecule has 64 valence electrons. The molecular weight excluding hydrogens is 138 g/mol. The Morgan fingerprint density at radius 3 is 2.73 bits per heavy atom. The maximum absolute atomic E-state index is 8.65. The second-order valence-corrected chi connectivity index (χ2v) is 2.43. The van der Waals surface area contributed by atoms with E-state index in [1.165, 1.54) is 0 Å². The molecule has 0 spiro atoms. The van der Waals surface area contributed by atoms with Crippen molar-refractivity contribution in [2.45, 2.75) is 32.7 Å². The van der Waals surface area contributed by atoms with E-state index in [9.17, 15) is 0 Å². The standard InChI is InChI=1S/C9H17NO/c1-3-5-7-10-9(4-2)6-8-11/h9-11H,4,6-8H2,1-2H3. The molecule has 2 nitrogen and oxygen atoms in total. The highest BCUT2D eigenvalue weighted by atomic mass is 16.3. The quantitative estimate of drug-likeness (QED) is 0.574. The molecule has 0 heterocycles. The lowest BCUT2D eigenvalue weighted by Gasteiger charge is -2.12. The molecule has 0 aliphatic heterocycles. The molecule has 0 aliphatic carbocycles. The van der Waals surface area contributed by atoms with Crippen molar-refractivity contribution >= 4 is 0 Å². The van der Waals surface area contributed by atoms with Gasteiger partial charge in [-0.1, -0.05) is 12.8 Å². The van der Waals surface area contributed by atoms with E-state index in [0.717, 1.165) is 19.4 Å². The summed E-state index contributed by atoms with van der Waals surface area (Å²) in [5.74, 6) is 5.74. The Labute approximate surface area is 69.0 Å². The van der Waals surface area contributed by atoms with E-state index >= 15 is 0 Å². The van der Waals surface area contributed by atoms with Crippen LogP contribution in [-0.2, 0) is 0 Å². The summed E-state index contributed by atoms with van der Waals surface area (Å²) >= 11 is 0. The molecule has 2 heteroatoms. The molecule has 0 bridgehead atoms. The number of rotatable bonds is 5. The zero-order valence-electron chi connectivity index (χ0n) is 7.35. The molecule has 0 radical (unpaired) electrons. The lowest BCUT2D eigenvalue weighted by atomic mass is 10.1. The van der Waals surface area contributed by atoms with Gasteiger partial charge in [0, 0.05) is 12.6 Å². The van der Waals surface area contributed by atoms with Gasteiger partial charge in [0.2, 0.25) is 0 Å². The average molecular weight is 155 g/mol. The van der Waals surface area contributed by atoms with Gasteiger partial charge in [0.15, 0.2) is 0 Å². The zero-order valence-corrected chi connectivity index (χ0v) is 7.35. The second kappa shape index (κ2) is 7.59. The average Bonchev–Trinajstić information content (AvgIpc) is 2.03. The first kappa shape index (κ1) is 10.5. The summed E-state index contributed by atoms with van der Waals surface area (Å²) in [6.07, 6.45) is 1.87. The van der Waals surface area contributed by atoms with Crippen molar-refractivity contribution in [3.8, 4) is 11.8 Å². The van der Waals surface area contributed by atoms with Crippen LogP contribution in [0, 0.1) is 11.8 Å². The normalized spacial score (nSPS) is 11.9. The smallest absolute Gasteiger partial charge is 0.0578 e. The van der Waals surface area contributed by atoms with Crippen LogP contribution in [0.25, 0.3) is 0 Å². The molecular formula is C9H17NO. The van der Waals surface area contributed by atoms with E-state index in [-0.39, 0.29) is 6.61 Å². The second-order valence-electron chi connectivity index (χ2n) is 2.43. The molecule has 0 aliphatic rings. The molecule has 11 heavy (non-hydrogen) atoms. The van der Waals surface area contributed by atoms with Gasteiger partial charge in [0.25, 0.3) is 0 Å². The van der Waals surface area contributed by atoms with E-state index in [1.807, 2.05) is 6.92 Å². The van der Waals surface area contributed by atoms with Crippen molar-refractivity contribution in [2.24, 2.45) is 0 Å². The van der Waals surface area contributed by atoms with E-state index in [1.54, 1.807) is 0 Å². The van der Waals surface area contributed by atoms with E-state index in [2.05, 4.69) is 24.1 Å². The first-order chi connectivity index (χ1) is 5.35. The highest BCUT2D eigenvalue weighted by Gasteiger charge is 2.01. The number of nitrogens with one attached hydrogen (secondary N) is 1. The minimum Gasteiger partial charge on any atom is -0.396 e. The third-order valence-corrected chi connectivity index (χ3v) is 1.63. The van der Waals surface area contributed by atoms with Crippen molar-refractivity contribution in [1.82, 2.24) is 5.32 Å². The summed E-state index contributed by atoms with van der Waals surface area (Å²) in [7, 11) is 0. The van der Waals surface area contributed by atoms with Crippen LogP contribution in [0.15, 0.2) is 0 Å². The summed E-state index contributed by atoms with van der Waals surface area (Å²) in [4.78, 5) is 0. The third-order valence-electron chi connectivity index (χ3n) is 1.63. The largest absolute Gasteiger partial charge is 0.396 e. The Hall–Kier alpha value is -0.520. The van der Waals surface area contributed by atoms with Gasteiger partial charge in [0.05, 0.1) is 6.54 Å². The van der Waals surface area contributed by atoms with Crippen LogP contribution < -0.4 is 5.32 Å². The van der Waals surface area contributed by atoms with Crippen LogP contribution in [0.3, 0.4) is 0 Å². The summed E-state index contributed by atoms with van der Waals surface area (Å²) in [5.41, 5.74) is 0. The van der Waals surface area contributed by atoms with Gasteiger partial charge >= 0.3 is 0 Å². The van der Waals surface area contributed by atoms with Gasteiger partial charge in [0.1, 0.15) is 0 Å². The fourth-order valence-corrected chi connectivity index (χ4v) is 0.890. The van der Waals surface area contributed by atoms with E-state index in [4.69, 9.17) is 5.11 Å². The van der Waals surface area contributed by atoms with Crippen LogP contribution >= 0.6 is 0 Å². The number of aliphatic hydroxyl groups excluding tert-OH is 1. The van der Waals surface area contributed by atoms with Crippen LogP contribution in [0.1, 0.15) is 26.7 Å². The van der Waals surface area contributed by atoms with E-state index < -0.39 is 0 Å². The molecule has 2 N–H and O–H groups in total. The molecule has 1 unspecified atom stereocenters. The number of hydrogen-bond donors (Lipinski definition) is 2. The zero-order chi connectivity index (χ0) is 8.53.